The maximum absolute atomic E-state index is 13.4. The number of hydrogen-bond donors (Lipinski definition) is 3. The number of amides is 1. The van der Waals surface area contributed by atoms with Gasteiger partial charge in [-0.05, 0) is 55.3 Å². The second kappa shape index (κ2) is 13.8. The number of carboxylic acids is 2. The molecule has 0 radical (unpaired) electrons. The van der Waals surface area contributed by atoms with Gasteiger partial charge >= 0.3 is 24.3 Å². The average Bonchev–Trinajstić information content (AvgIpc) is 3.60. The van der Waals surface area contributed by atoms with Crippen molar-refractivity contribution in [3.63, 3.8) is 0 Å². The topological polar surface area (TPSA) is 150 Å². The van der Waals surface area contributed by atoms with Gasteiger partial charge in [-0.25, -0.2) is 18.5 Å². The SMILES string of the molecule is O=C(O)C(F)(F)F.O=C(O)C(F)(F)F.O=C(c1ccncc1)N1CCCC1c1nnn2cc(Nc3cccc(F)c3)ccc12. The molecule has 1 aromatic carbocycles. The number of carbonyl (C=O) groups excluding carboxylic acids is 1. The molecule has 11 nitrogen and oxygen atoms in total. The lowest BCUT2D eigenvalue weighted by molar-refractivity contribution is -0.193. The molecular formula is C26H21F7N6O5. The zero-order valence-corrected chi connectivity index (χ0v) is 22.1. The quantitative estimate of drug-likeness (QED) is 0.257. The zero-order chi connectivity index (χ0) is 32.7. The summed E-state index contributed by atoms with van der Waals surface area (Å²) in [4.78, 5) is 36.6. The predicted molar refractivity (Wildman–Crippen MR) is 137 cm³/mol. The molecule has 18 heteroatoms. The number of aromatic nitrogens is 4. The summed E-state index contributed by atoms with van der Waals surface area (Å²) in [6.07, 6.45) is -3.35. The highest BCUT2D eigenvalue weighted by Crippen LogP contribution is 2.34. The Morgan fingerprint density at radius 2 is 1.50 bits per heavy atom. The van der Waals surface area contributed by atoms with Crippen molar-refractivity contribution in [3.8, 4) is 0 Å². The maximum atomic E-state index is 13.4. The molecule has 234 valence electrons. The number of likely N-dealkylation sites (tertiary alicyclic amines) is 1. The van der Waals surface area contributed by atoms with Crippen molar-refractivity contribution in [3.05, 3.63) is 84.2 Å². The Labute approximate surface area is 242 Å². The number of nitrogens with zero attached hydrogens (tertiary/aromatic N) is 5. The average molecular weight is 630 g/mol. The highest BCUT2D eigenvalue weighted by molar-refractivity contribution is 5.94. The normalized spacial score (nSPS) is 14.6. The van der Waals surface area contributed by atoms with E-state index < -0.39 is 24.3 Å². The van der Waals surface area contributed by atoms with Crippen molar-refractivity contribution < 1.29 is 55.3 Å². The van der Waals surface area contributed by atoms with Gasteiger partial charge < -0.3 is 20.4 Å². The standard InChI is InChI=1S/C22H19FN6O.2C2HF3O2/c23-16-3-1-4-17(13-16)25-18-6-7-20-21(26-27-29(20)14-18)19-5-2-12-28(19)22(30)15-8-10-24-11-9-15;2*3-2(4,5)1(6)7/h1,3-4,6-11,13-14,19,25H,2,5,12H2;2*(H,6,7). The van der Waals surface area contributed by atoms with E-state index in [1.54, 1.807) is 47.4 Å². The van der Waals surface area contributed by atoms with E-state index >= 15 is 0 Å². The monoisotopic (exact) mass is 630 g/mol. The number of fused-ring (bicyclic) bond motifs is 1. The molecule has 3 N–H and O–H groups in total. The fourth-order valence-electron chi connectivity index (χ4n) is 3.91. The highest BCUT2D eigenvalue weighted by atomic mass is 19.4. The van der Waals surface area contributed by atoms with Crippen LogP contribution in [0.5, 0.6) is 0 Å². The lowest BCUT2D eigenvalue weighted by Gasteiger charge is -2.23. The first-order chi connectivity index (χ1) is 20.6. The lowest BCUT2D eigenvalue weighted by atomic mass is 10.1. The van der Waals surface area contributed by atoms with Gasteiger partial charge in [-0.15, -0.1) is 5.10 Å². The number of pyridine rings is 2. The van der Waals surface area contributed by atoms with Crippen LogP contribution in [-0.2, 0) is 9.59 Å². The number of carbonyl (C=O) groups is 3. The molecule has 1 aliphatic heterocycles. The number of halogens is 7. The van der Waals surface area contributed by atoms with Crippen molar-refractivity contribution in [2.24, 2.45) is 0 Å². The summed E-state index contributed by atoms with van der Waals surface area (Å²) in [7, 11) is 0. The van der Waals surface area contributed by atoms with Crippen LogP contribution in [0.15, 0.2) is 67.1 Å². The molecule has 1 amide bonds. The maximum Gasteiger partial charge on any atom is 0.490 e. The fourth-order valence-corrected chi connectivity index (χ4v) is 3.91. The second-order valence-electron chi connectivity index (χ2n) is 8.86. The van der Waals surface area contributed by atoms with Crippen LogP contribution in [0.25, 0.3) is 5.52 Å². The third kappa shape index (κ3) is 8.85. The second-order valence-corrected chi connectivity index (χ2v) is 8.86. The van der Waals surface area contributed by atoms with E-state index in [-0.39, 0.29) is 17.8 Å². The van der Waals surface area contributed by atoms with Crippen LogP contribution in [-0.4, -0.2) is 71.7 Å². The summed E-state index contributed by atoms with van der Waals surface area (Å²) in [5.74, 6) is -5.84. The Morgan fingerprint density at radius 3 is 2.07 bits per heavy atom. The Morgan fingerprint density at radius 1 is 0.886 bits per heavy atom. The number of benzene rings is 1. The van der Waals surface area contributed by atoms with Gasteiger partial charge in [0.1, 0.15) is 11.5 Å². The summed E-state index contributed by atoms with van der Waals surface area (Å²) in [5.41, 5.74) is 3.67. The molecule has 44 heavy (non-hydrogen) atoms. The van der Waals surface area contributed by atoms with Gasteiger partial charge in [0.2, 0.25) is 0 Å². The minimum Gasteiger partial charge on any atom is -0.475 e. The Kier molecular flexibility index (Phi) is 10.4. The zero-order valence-electron chi connectivity index (χ0n) is 22.1. The van der Waals surface area contributed by atoms with E-state index in [0.717, 1.165) is 29.7 Å². The fraction of sp³-hybridized carbons (Fsp3) is 0.231. The van der Waals surface area contributed by atoms with Crippen molar-refractivity contribution in [2.45, 2.75) is 31.2 Å². The number of carboxylic acid groups (broad SMARTS) is 2. The Balaban J connectivity index is 0.000000317. The predicted octanol–water partition coefficient (Wildman–Crippen LogP) is 5.25. The van der Waals surface area contributed by atoms with Crippen LogP contribution in [0.4, 0.5) is 42.1 Å². The third-order valence-electron chi connectivity index (χ3n) is 5.80. The molecule has 1 atom stereocenters. The lowest BCUT2D eigenvalue weighted by Crippen LogP contribution is -2.30. The van der Waals surface area contributed by atoms with Gasteiger partial charge in [-0.2, -0.15) is 26.3 Å². The first kappa shape index (κ1) is 33.2. The minimum absolute atomic E-state index is 0.0227. The first-order valence-corrected chi connectivity index (χ1v) is 12.3. The molecule has 5 rings (SSSR count). The van der Waals surface area contributed by atoms with Gasteiger partial charge in [0.25, 0.3) is 5.91 Å². The number of alkyl halides is 6. The largest absolute Gasteiger partial charge is 0.490 e. The van der Waals surface area contributed by atoms with Crippen LogP contribution in [0.2, 0.25) is 0 Å². The first-order valence-electron chi connectivity index (χ1n) is 12.3. The van der Waals surface area contributed by atoms with Crippen molar-refractivity contribution in [1.82, 2.24) is 24.7 Å². The molecule has 1 unspecified atom stereocenters. The Bertz CT molecular complexity index is 1590. The summed E-state index contributed by atoms with van der Waals surface area (Å²) >= 11 is 0. The molecule has 0 aliphatic carbocycles. The summed E-state index contributed by atoms with van der Waals surface area (Å²) in [5, 5.41) is 26.1. The van der Waals surface area contributed by atoms with E-state index in [0.29, 0.717) is 17.8 Å². The van der Waals surface area contributed by atoms with E-state index in [4.69, 9.17) is 19.8 Å². The smallest absolute Gasteiger partial charge is 0.475 e. The molecule has 3 aromatic heterocycles. The van der Waals surface area contributed by atoms with Crippen LogP contribution in [0.3, 0.4) is 0 Å². The van der Waals surface area contributed by atoms with E-state index in [1.807, 2.05) is 17.0 Å². The molecule has 4 heterocycles. The van der Waals surface area contributed by atoms with Crippen molar-refractivity contribution in [1.29, 1.82) is 0 Å². The Hall–Kier alpha value is -5.29. The molecule has 0 saturated carbocycles. The van der Waals surface area contributed by atoms with Gasteiger partial charge in [0, 0.05) is 30.2 Å². The van der Waals surface area contributed by atoms with Crippen LogP contribution in [0, 0.1) is 5.82 Å². The molecular weight excluding hydrogens is 609 g/mol. The minimum atomic E-state index is -5.08. The number of aliphatic carboxylic acids is 2. The number of nitrogens with one attached hydrogen (secondary N) is 1. The number of rotatable bonds is 4. The van der Waals surface area contributed by atoms with Crippen molar-refractivity contribution >= 4 is 34.7 Å². The molecule has 0 spiro atoms. The van der Waals surface area contributed by atoms with E-state index in [2.05, 4.69) is 20.6 Å². The molecule has 1 saturated heterocycles. The third-order valence-corrected chi connectivity index (χ3v) is 5.80. The van der Waals surface area contributed by atoms with Gasteiger partial charge in [0.05, 0.1) is 23.4 Å². The summed E-state index contributed by atoms with van der Waals surface area (Å²) in [6, 6.07) is 13.4. The van der Waals surface area contributed by atoms with Gasteiger partial charge in [-0.3, -0.25) is 9.78 Å². The summed E-state index contributed by atoms with van der Waals surface area (Å²) < 4.78 is 78.6. The van der Waals surface area contributed by atoms with Gasteiger partial charge in [0.15, 0.2) is 0 Å². The summed E-state index contributed by atoms with van der Waals surface area (Å²) in [6.45, 7) is 0.685. The van der Waals surface area contributed by atoms with Crippen LogP contribution >= 0.6 is 0 Å². The number of anilines is 2. The van der Waals surface area contributed by atoms with Crippen molar-refractivity contribution in [2.75, 3.05) is 11.9 Å². The molecule has 1 aliphatic rings. The van der Waals surface area contributed by atoms with Gasteiger partial charge in [-0.1, -0.05) is 11.3 Å². The molecule has 0 bridgehead atoms. The highest BCUT2D eigenvalue weighted by Gasteiger charge is 2.39. The number of hydrogen-bond acceptors (Lipinski definition) is 7. The molecule has 1 fully saturated rings. The van der Waals surface area contributed by atoms with E-state index in [1.165, 1.54) is 12.1 Å². The van der Waals surface area contributed by atoms with Crippen LogP contribution < -0.4 is 5.32 Å². The van der Waals surface area contributed by atoms with E-state index in [9.17, 15) is 35.5 Å². The van der Waals surface area contributed by atoms with Crippen LogP contribution in [0.1, 0.15) is 34.9 Å². The molecule has 4 aromatic rings.